The van der Waals surface area contributed by atoms with Gasteiger partial charge in [-0.1, -0.05) is 55.4 Å². The number of nitrogens with one attached hydrogen (secondary N) is 2. The standard InChI is InChI=1S/2C6H15N.C2H4F3O4P/c2*1-5(2)7-6(3)4;3-2(4,5)1-9-10(6,7)8/h2*5-7H,1-4H3;1H2,(H2,6,7,8). The van der Waals surface area contributed by atoms with Gasteiger partial charge in [0.1, 0.15) is 0 Å². The summed E-state index contributed by atoms with van der Waals surface area (Å²) in [5.74, 6) is 0. The molecule has 0 bridgehead atoms. The summed E-state index contributed by atoms with van der Waals surface area (Å²) in [5, 5.41) is 6.61. The lowest BCUT2D eigenvalue weighted by atomic mass is 10.3. The van der Waals surface area contributed by atoms with Gasteiger partial charge < -0.3 is 20.4 Å². The molecule has 0 spiro atoms. The van der Waals surface area contributed by atoms with Crippen LogP contribution in [0.1, 0.15) is 55.4 Å². The molecule has 0 aromatic heterocycles. The molecule has 0 heterocycles. The molecule has 150 valence electrons. The predicted molar refractivity (Wildman–Crippen MR) is 90.9 cm³/mol. The third-order valence-corrected chi connectivity index (χ3v) is 2.20. The molecule has 0 aliphatic rings. The fourth-order valence-corrected chi connectivity index (χ4v) is 1.81. The van der Waals surface area contributed by atoms with Crippen molar-refractivity contribution in [1.29, 1.82) is 0 Å². The molecule has 6 nitrogen and oxygen atoms in total. The van der Waals surface area contributed by atoms with Crippen molar-refractivity contribution in [2.75, 3.05) is 6.61 Å². The van der Waals surface area contributed by atoms with E-state index in [0.717, 1.165) is 0 Å². The Balaban J connectivity index is -0.000000283. The summed E-state index contributed by atoms with van der Waals surface area (Å²) in [6.07, 6.45) is -4.71. The smallest absolute Gasteiger partial charge is 0.312 e. The monoisotopic (exact) mass is 382 g/mol. The van der Waals surface area contributed by atoms with Gasteiger partial charge in [0.25, 0.3) is 0 Å². The van der Waals surface area contributed by atoms with Crippen LogP contribution in [0.2, 0.25) is 0 Å². The normalized spacial score (nSPS) is 12.2. The molecule has 4 N–H and O–H groups in total. The Kier molecular flexibility index (Phi) is 16.7. The third-order valence-electron chi connectivity index (χ3n) is 1.73. The highest BCUT2D eigenvalue weighted by molar-refractivity contribution is 7.46. The molecule has 0 aliphatic heterocycles. The van der Waals surface area contributed by atoms with Gasteiger partial charge in [-0.2, -0.15) is 13.2 Å². The summed E-state index contributed by atoms with van der Waals surface area (Å²) >= 11 is 0. The van der Waals surface area contributed by atoms with E-state index in [9.17, 15) is 17.7 Å². The van der Waals surface area contributed by atoms with Gasteiger partial charge in [0, 0.05) is 24.2 Å². The molecule has 0 atom stereocenters. The van der Waals surface area contributed by atoms with Crippen LogP contribution < -0.4 is 10.6 Å². The summed E-state index contributed by atoms with van der Waals surface area (Å²) in [7, 11) is -4.98. The second-order valence-corrected chi connectivity index (χ2v) is 7.57. The van der Waals surface area contributed by atoms with Crippen LogP contribution in [0, 0.1) is 0 Å². The van der Waals surface area contributed by atoms with Crippen molar-refractivity contribution in [3.05, 3.63) is 0 Å². The lowest BCUT2D eigenvalue weighted by molar-refractivity contribution is -0.156. The molecule has 0 saturated heterocycles. The third kappa shape index (κ3) is 43.1. The van der Waals surface area contributed by atoms with Gasteiger partial charge in [-0.15, -0.1) is 0 Å². The Hall–Kier alpha value is -0.180. The van der Waals surface area contributed by atoms with Gasteiger partial charge in [-0.05, 0) is 0 Å². The first-order chi connectivity index (χ1) is 10.5. The summed E-state index contributed by atoms with van der Waals surface area (Å²) in [5.41, 5.74) is 0. The van der Waals surface area contributed by atoms with E-state index < -0.39 is 20.6 Å². The molecule has 0 saturated carbocycles. The number of phosphoric ester groups is 1. The molecule has 0 aromatic rings. The molecule has 24 heavy (non-hydrogen) atoms. The summed E-state index contributed by atoms with van der Waals surface area (Å²) in [6, 6.07) is 2.50. The highest BCUT2D eigenvalue weighted by Gasteiger charge is 2.31. The second kappa shape index (κ2) is 14.0. The van der Waals surface area contributed by atoms with Crippen LogP contribution in [0.3, 0.4) is 0 Å². The fraction of sp³-hybridized carbons (Fsp3) is 1.00. The van der Waals surface area contributed by atoms with Gasteiger partial charge in [0.05, 0.1) is 0 Å². The number of phosphoric acid groups is 1. The molecule has 0 rings (SSSR count). The summed E-state index contributed by atoms with van der Waals surface area (Å²) < 4.78 is 46.1. The molecule has 0 aliphatic carbocycles. The van der Waals surface area contributed by atoms with Crippen LogP contribution in [-0.4, -0.2) is 46.7 Å². The van der Waals surface area contributed by atoms with Crippen LogP contribution >= 0.6 is 7.82 Å². The van der Waals surface area contributed by atoms with E-state index >= 15 is 0 Å². The van der Waals surface area contributed by atoms with Crippen LogP contribution in [-0.2, 0) is 9.09 Å². The Bertz CT molecular complexity index is 306. The quantitative estimate of drug-likeness (QED) is 0.526. The van der Waals surface area contributed by atoms with Crippen LogP contribution in [0.4, 0.5) is 13.2 Å². The number of rotatable bonds is 6. The van der Waals surface area contributed by atoms with Crippen LogP contribution in [0.15, 0.2) is 0 Å². The minimum absolute atomic E-state index is 0.625. The highest BCUT2D eigenvalue weighted by Crippen LogP contribution is 2.37. The molecule has 0 aromatic carbocycles. The Labute approximate surface area is 143 Å². The van der Waals surface area contributed by atoms with E-state index in [2.05, 4.69) is 70.5 Å². The summed E-state index contributed by atoms with van der Waals surface area (Å²) in [6.45, 7) is 15.3. The lowest BCUT2D eigenvalue weighted by Gasteiger charge is -2.10. The van der Waals surface area contributed by atoms with Gasteiger partial charge in [-0.25, -0.2) is 4.57 Å². The van der Waals surface area contributed by atoms with E-state index in [1.807, 2.05) is 0 Å². The van der Waals surface area contributed by atoms with Crippen molar-refractivity contribution in [3.63, 3.8) is 0 Å². The van der Waals surface area contributed by atoms with Crippen molar-refractivity contribution in [3.8, 4) is 0 Å². The predicted octanol–water partition coefficient (Wildman–Crippen LogP) is 3.44. The van der Waals surface area contributed by atoms with Gasteiger partial charge >= 0.3 is 14.0 Å². The minimum atomic E-state index is -4.98. The Morgan fingerprint density at radius 1 is 0.833 bits per heavy atom. The van der Waals surface area contributed by atoms with E-state index in [0.29, 0.717) is 24.2 Å². The molecular weight excluding hydrogens is 348 g/mol. The van der Waals surface area contributed by atoms with E-state index in [1.54, 1.807) is 0 Å². The highest BCUT2D eigenvalue weighted by atomic mass is 31.2. The second-order valence-electron chi connectivity index (χ2n) is 6.33. The molecule has 0 fully saturated rings. The zero-order valence-corrected chi connectivity index (χ0v) is 16.7. The molecule has 10 heteroatoms. The first-order valence-corrected chi connectivity index (χ1v) is 9.28. The average molecular weight is 382 g/mol. The van der Waals surface area contributed by atoms with E-state index in [4.69, 9.17) is 9.79 Å². The largest absolute Gasteiger partial charge is 0.469 e. The number of alkyl halides is 3. The van der Waals surface area contributed by atoms with Crippen molar-refractivity contribution >= 4 is 7.82 Å². The molecule has 0 radical (unpaired) electrons. The van der Waals surface area contributed by atoms with Gasteiger partial charge in [0.2, 0.25) is 0 Å². The first kappa shape index (κ1) is 28.6. The minimum Gasteiger partial charge on any atom is -0.312 e. The number of hydrogen-bond donors (Lipinski definition) is 4. The molecule has 0 unspecified atom stereocenters. The average Bonchev–Trinajstić information content (AvgIpc) is 2.22. The molecular formula is C14H34F3N2O4P. The maximum Gasteiger partial charge on any atom is 0.469 e. The number of hydrogen-bond acceptors (Lipinski definition) is 4. The van der Waals surface area contributed by atoms with Crippen LogP contribution in [0.25, 0.3) is 0 Å². The maximum atomic E-state index is 11.1. The SMILES string of the molecule is CC(C)NC(C)C.CC(C)NC(C)C.O=P(O)(O)OCC(F)(F)F. The van der Waals surface area contributed by atoms with Gasteiger partial charge in [-0.3, -0.25) is 4.52 Å². The van der Waals surface area contributed by atoms with E-state index in [-0.39, 0.29) is 0 Å². The van der Waals surface area contributed by atoms with Crippen molar-refractivity contribution in [2.24, 2.45) is 0 Å². The van der Waals surface area contributed by atoms with E-state index in [1.165, 1.54) is 0 Å². The zero-order valence-electron chi connectivity index (χ0n) is 15.8. The lowest BCUT2D eigenvalue weighted by Crippen LogP contribution is -2.29. The van der Waals surface area contributed by atoms with Crippen molar-refractivity contribution < 1.29 is 32.0 Å². The summed E-state index contributed by atoms with van der Waals surface area (Å²) in [4.78, 5) is 15.5. The first-order valence-electron chi connectivity index (χ1n) is 7.75. The molecule has 0 amide bonds. The topological polar surface area (TPSA) is 90.8 Å². The Morgan fingerprint density at radius 2 is 1.08 bits per heavy atom. The van der Waals surface area contributed by atoms with Crippen molar-refractivity contribution in [1.82, 2.24) is 10.6 Å². The zero-order chi connectivity index (χ0) is 20.1. The van der Waals surface area contributed by atoms with Crippen LogP contribution in [0.5, 0.6) is 0 Å². The fourth-order valence-electron chi connectivity index (χ4n) is 1.49. The maximum absolute atomic E-state index is 11.1. The van der Waals surface area contributed by atoms with Crippen molar-refractivity contribution in [2.45, 2.75) is 85.7 Å². The van der Waals surface area contributed by atoms with Gasteiger partial charge in [0.15, 0.2) is 6.61 Å². The number of halogens is 3. The Morgan fingerprint density at radius 3 is 1.12 bits per heavy atom.